The van der Waals surface area contributed by atoms with E-state index in [2.05, 4.69) is 0 Å². The van der Waals surface area contributed by atoms with Crippen molar-refractivity contribution in [3.8, 4) is 0 Å². The van der Waals surface area contributed by atoms with Crippen LogP contribution in [-0.4, -0.2) is 5.09 Å². The van der Waals surface area contributed by atoms with E-state index in [0.29, 0.717) is 0 Å². The molecule has 0 aromatic heterocycles. The maximum absolute atomic E-state index is 8.25. The summed E-state index contributed by atoms with van der Waals surface area (Å²) in [6.07, 6.45) is 0. The lowest BCUT2D eigenvalue weighted by atomic mass is 13.1. The topological polar surface area (TPSA) is 103 Å². The van der Waals surface area contributed by atoms with Crippen LogP contribution in [0.15, 0.2) is 0 Å². The van der Waals surface area contributed by atoms with Crippen molar-refractivity contribution in [3.05, 3.63) is 15.3 Å². The van der Waals surface area contributed by atoms with Crippen LogP contribution in [-0.2, 0) is 0 Å². The van der Waals surface area contributed by atoms with Gasteiger partial charge < -0.3 is 21.5 Å². The van der Waals surface area contributed by atoms with Gasteiger partial charge in [-0.25, -0.2) is 0 Å². The quantitative estimate of drug-likeness (QED) is 0.330. The van der Waals surface area contributed by atoms with Gasteiger partial charge in [-0.2, -0.15) is 0 Å². The van der Waals surface area contributed by atoms with E-state index >= 15 is 0 Å². The fraction of sp³-hybridized carbons (Fsp3) is 0. The van der Waals surface area contributed by atoms with Gasteiger partial charge in [0.2, 0.25) is 0 Å². The molecule has 0 bridgehead atoms. The highest BCUT2D eigenvalue weighted by Gasteiger charge is 1.45. The van der Waals surface area contributed by atoms with Crippen LogP contribution in [0.4, 0.5) is 0 Å². The second-order valence-corrected chi connectivity index (χ2v) is 0.224. The summed E-state index contributed by atoms with van der Waals surface area (Å²) >= 11 is 0. The highest BCUT2D eigenvalue weighted by molar-refractivity contribution is 4.03. The molecule has 0 aliphatic rings. The first-order valence-electron chi connectivity index (χ1n) is 0.548. The van der Waals surface area contributed by atoms with Gasteiger partial charge in [0.25, 0.3) is 0 Å². The molecule has 5 heavy (non-hydrogen) atoms. The van der Waals surface area contributed by atoms with Crippen LogP contribution in [0.5, 0.6) is 0 Å². The number of hydrogen-bond acceptors (Lipinski definition) is 3. The van der Waals surface area contributed by atoms with Gasteiger partial charge in [0, 0.05) is 0 Å². The average molecular weight is 80.0 g/mol. The molecule has 0 aromatic rings. The van der Waals surface area contributed by atoms with Crippen molar-refractivity contribution < 1.29 is 5.09 Å². The van der Waals surface area contributed by atoms with Crippen molar-refractivity contribution in [2.45, 2.75) is 0 Å². The number of quaternary nitrogens is 1. The summed E-state index contributed by atoms with van der Waals surface area (Å²) in [6.45, 7) is 0. The Balaban J connectivity index is 0. The fourth-order valence-corrected chi connectivity index (χ4v) is 0. The lowest BCUT2D eigenvalue weighted by Gasteiger charge is -1.74. The Hall–Kier alpha value is -0.840. The molecule has 0 fully saturated rings. The highest BCUT2D eigenvalue weighted by Crippen LogP contribution is 1.44. The van der Waals surface area contributed by atoms with Crippen LogP contribution in [0.1, 0.15) is 0 Å². The van der Waals surface area contributed by atoms with Crippen molar-refractivity contribution in [3.63, 3.8) is 0 Å². The molecule has 0 saturated carbocycles. The SMILES string of the molecule is O=[N+]([O-])[O-].[NH4+]. The van der Waals surface area contributed by atoms with E-state index in [4.69, 9.17) is 15.3 Å². The van der Waals surface area contributed by atoms with E-state index in [9.17, 15) is 0 Å². The fourth-order valence-electron chi connectivity index (χ4n) is 0. The van der Waals surface area contributed by atoms with E-state index < -0.39 is 5.09 Å². The Morgan fingerprint density at radius 2 is 1.40 bits per heavy atom. The highest BCUT2D eigenvalue weighted by atomic mass is 16.9. The van der Waals surface area contributed by atoms with Crippen molar-refractivity contribution >= 4 is 0 Å². The standard InChI is InChI=1S/NO3.H3N/c2-1(3)4;/h;1H3/q-1;/p+1. The molecule has 0 aliphatic carbocycles. The second-order valence-electron chi connectivity index (χ2n) is 0.224. The third-order valence-corrected chi connectivity index (χ3v) is 0. The van der Waals surface area contributed by atoms with Crippen molar-refractivity contribution in [2.75, 3.05) is 0 Å². The Labute approximate surface area is 27.9 Å². The van der Waals surface area contributed by atoms with Gasteiger partial charge in [0.1, 0.15) is 0 Å². The molecule has 0 heterocycles. The third-order valence-electron chi connectivity index (χ3n) is 0. The van der Waals surface area contributed by atoms with Crippen LogP contribution in [0.2, 0.25) is 0 Å². The summed E-state index contributed by atoms with van der Waals surface area (Å²) in [5.41, 5.74) is 0. The van der Waals surface area contributed by atoms with Gasteiger partial charge in [-0.3, -0.25) is 0 Å². The molecular formula is H4N2O3. The van der Waals surface area contributed by atoms with Gasteiger partial charge in [-0.05, 0) is 0 Å². The molecule has 0 aliphatic heterocycles. The lowest BCUT2D eigenvalue weighted by molar-refractivity contribution is -0.402. The van der Waals surface area contributed by atoms with Crippen LogP contribution < -0.4 is 6.15 Å². The Bertz CT molecular complexity index is 27.9. The van der Waals surface area contributed by atoms with E-state index in [0.717, 1.165) is 0 Å². The third kappa shape index (κ3) is 6.03. The number of rotatable bonds is 0. The Morgan fingerprint density at radius 3 is 1.40 bits per heavy atom. The molecule has 32 valence electrons. The Morgan fingerprint density at radius 1 is 1.40 bits per heavy atom. The summed E-state index contributed by atoms with van der Waals surface area (Å²) in [6, 6.07) is 0. The minimum absolute atomic E-state index is 0. The van der Waals surface area contributed by atoms with Crippen LogP contribution >= 0.6 is 0 Å². The molecule has 0 unspecified atom stereocenters. The van der Waals surface area contributed by atoms with E-state index in [1.165, 1.54) is 0 Å². The van der Waals surface area contributed by atoms with Gasteiger partial charge >= 0.3 is 0 Å². The van der Waals surface area contributed by atoms with E-state index in [-0.39, 0.29) is 6.15 Å². The second kappa shape index (κ2) is 3.16. The molecule has 5 heteroatoms. The Kier molecular flexibility index (Phi) is 5.63. The van der Waals surface area contributed by atoms with Gasteiger partial charge in [-0.15, -0.1) is 0 Å². The molecule has 5 nitrogen and oxygen atoms in total. The molecule has 0 aromatic carbocycles. The van der Waals surface area contributed by atoms with Crippen molar-refractivity contribution in [1.29, 1.82) is 0 Å². The van der Waals surface area contributed by atoms with Gasteiger partial charge in [0.15, 0.2) is 0 Å². The smallest absolute Gasteiger partial charge is 0.0689 e. The van der Waals surface area contributed by atoms with Gasteiger partial charge in [0.05, 0.1) is 5.09 Å². The monoisotopic (exact) mass is 80.0 g/mol. The summed E-state index contributed by atoms with van der Waals surface area (Å²) in [5, 5.41) is 14.8. The maximum Gasteiger partial charge on any atom is 0.0689 e. The zero-order valence-electron chi connectivity index (χ0n) is 2.67. The molecule has 0 atom stereocenters. The maximum atomic E-state index is 8.25. The van der Waals surface area contributed by atoms with E-state index in [1.807, 2.05) is 0 Å². The molecule has 0 spiro atoms. The van der Waals surface area contributed by atoms with Gasteiger partial charge in [-0.1, -0.05) is 0 Å². The first-order valence-corrected chi connectivity index (χ1v) is 0.548. The summed E-state index contributed by atoms with van der Waals surface area (Å²) < 4.78 is 0. The predicted octanol–water partition coefficient (Wildman–Crippen LogP) is 0.137. The zero-order valence-corrected chi connectivity index (χ0v) is 2.67. The minimum Gasteiger partial charge on any atom is -0.369 e. The minimum atomic E-state index is -1.75. The number of hydrogen-bond donors (Lipinski definition) is 1. The zero-order chi connectivity index (χ0) is 3.58. The van der Waals surface area contributed by atoms with E-state index in [1.54, 1.807) is 0 Å². The summed E-state index contributed by atoms with van der Waals surface area (Å²) in [4.78, 5) is 8.25. The molecular weight excluding hydrogens is 76.0 g/mol. The van der Waals surface area contributed by atoms with Crippen LogP contribution in [0, 0.1) is 15.3 Å². The summed E-state index contributed by atoms with van der Waals surface area (Å²) in [7, 11) is 0. The first kappa shape index (κ1) is 8.90. The average Bonchev–Trinajstić information content (AvgIpc) is 0.811. The lowest BCUT2D eigenvalue weighted by Crippen LogP contribution is -1.74. The molecule has 0 amide bonds. The largest absolute Gasteiger partial charge is 0.369 e. The molecule has 4 N–H and O–H groups in total. The van der Waals surface area contributed by atoms with Crippen molar-refractivity contribution in [1.82, 2.24) is 6.15 Å². The van der Waals surface area contributed by atoms with Crippen molar-refractivity contribution in [2.24, 2.45) is 0 Å². The molecule has 0 rings (SSSR count). The summed E-state index contributed by atoms with van der Waals surface area (Å²) in [5.74, 6) is 0. The molecule has 0 saturated heterocycles. The predicted molar refractivity (Wildman–Crippen MR) is 16.3 cm³/mol. The molecule has 0 radical (unpaired) electrons. The van der Waals surface area contributed by atoms with Crippen LogP contribution in [0.3, 0.4) is 0 Å². The number of nitrogens with zero attached hydrogens (tertiary/aromatic N) is 1. The first-order chi connectivity index (χ1) is 1.73. The van der Waals surface area contributed by atoms with Crippen LogP contribution in [0.25, 0.3) is 0 Å². The normalized spacial score (nSPS) is 4.80.